The van der Waals surface area contributed by atoms with E-state index in [2.05, 4.69) is 20.8 Å². The van der Waals surface area contributed by atoms with Gasteiger partial charge in [0.1, 0.15) is 0 Å². The average Bonchev–Trinajstić information content (AvgIpc) is 3.05. The van der Waals surface area contributed by atoms with Crippen LogP contribution >= 0.6 is 0 Å². The first-order valence-corrected chi connectivity index (χ1v) is 7.97. The van der Waals surface area contributed by atoms with Crippen LogP contribution in [0.3, 0.4) is 0 Å². The van der Waals surface area contributed by atoms with Crippen molar-refractivity contribution >= 4 is 5.96 Å². The Morgan fingerprint density at radius 1 is 1.20 bits per heavy atom. The zero-order valence-electron chi connectivity index (χ0n) is 14.2. The molecule has 0 fully saturated rings. The minimum Gasteiger partial charge on any atom is -0.359 e. The van der Waals surface area contributed by atoms with Gasteiger partial charge in [-0.2, -0.15) is 13.2 Å². The van der Waals surface area contributed by atoms with E-state index in [-0.39, 0.29) is 0 Å². The van der Waals surface area contributed by atoms with Crippen molar-refractivity contribution in [1.29, 1.82) is 0 Å². The number of benzene rings is 1. The Morgan fingerprint density at radius 2 is 1.92 bits per heavy atom. The molecule has 0 unspecified atom stereocenters. The van der Waals surface area contributed by atoms with E-state index in [0.29, 0.717) is 31.2 Å². The number of aliphatic imine (C=N–C) groups is 1. The van der Waals surface area contributed by atoms with Crippen LogP contribution in [-0.4, -0.2) is 24.7 Å². The molecule has 0 aliphatic rings. The third-order valence-corrected chi connectivity index (χ3v) is 3.61. The molecule has 0 amide bonds. The van der Waals surface area contributed by atoms with Crippen molar-refractivity contribution in [2.45, 2.75) is 32.5 Å². The molecule has 136 valence electrons. The molecule has 2 N–H and O–H groups in total. The van der Waals surface area contributed by atoms with E-state index in [1.165, 1.54) is 12.1 Å². The highest BCUT2D eigenvalue weighted by atomic mass is 19.4. The lowest BCUT2D eigenvalue weighted by Gasteiger charge is -2.11. The van der Waals surface area contributed by atoms with E-state index in [9.17, 15) is 13.2 Å². The van der Waals surface area contributed by atoms with Crippen molar-refractivity contribution in [2.24, 2.45) is 4.99 Å². The summed E-state index contributed by atoms with van der Waals surface area (Å²) in [5.41, 5.74) is 1.07. The van der Waals surface area contributed by atoms with E-state index in [0.717, 1.165) is 29.8 Å². The highest BCUT2D eigenvalue weighted by Gasteiger charge is 2.29. The van der Waals surface area contributed by atoms with Gasteiger partial charge in [-0.05, 0) is 30.5 Å². The lowest BCUT2D eigenvalue weighted by atomic mass is 10.1. The fourth-order valence-electron chi connectivity index (χ4n) is 2.18. The number of nitrogens with zero attached hydrogens (tertiary/aromatic N) is 2. The number of alkyl halides is 3. The highest BCUT2D eigenvalue weighted by molar-refractivity contribution is 5.79. The number of nitrogens with one attached hydrogen (secondary N) is 2. The highest BCUT2D eigenvalue weighted by Crippen LogP contribution is 2.29. The Kier molecular flexibility index (Phi) is 6.44. The molecule has 1 aromatic heterocycles. The first kappa shape index (κ1) is 18.8. The molecule has 2 aromatic rings. The Hall–Kier alpha value is -2.51. The summed E-state index contributed by atoms with van der Waals surface area (Å²) >= 11 is 0. The van der Waals surface area contributed by atoms with Gasteiger partial charge in [0, 0.05) is 19.7 Å². The van der Waals surface area contributed by atoms with Gasteiger partial charge in [-0.25, -0.2) is 0 Å². The molecule has 0 aliphatic carbocycles. The molecule has 1 aromatic carbocycles. The summed E-state index contributed by atoms with van der Waals surface area (Å²) in [6.07, 6.45) is -2.91. The van der Waals surface area contributed by atoms with Crippen LogP contribution in [0.5, 0.6) is 0 Å². The Balaban J connectivity index is 1.77. The first-order chi connectivity index (χ1) is 11.9. The monoisotopic (exact) mass is 354 g/mol. The minimum absolute atomic E-state index is 0.451. The van der Waals surface area contributed by atoms with Gasteiger partial charge < -0.3 is 15.2 Å². The largest absolute Gasteiger partial charge is 0.416 e. The third kappa shape index (κ3) is 5.81. The summed E-state index contributed by atoms with van der Waals surface area (Å²) in [5, 5.41) is 10.1. The fourth-order valence-corrected chi connectivity index (χ4v) is 2.18. The molecule has 0 saturated heterocycles. The zero-order chi connectivity index (χ0) is 18.3. The van der Waals surface area contributed by atoms with Crippen LogP contribution in [0.1, 0.15) is 29.5 Å². The summed E-state index contributed by atoms with van der Waals surface area (Å²) < 4.78 is 42.7. The van der Waals surface area contributed by atoms with Crippen molar-refractivity contribution in [3.8, 4) is 0 Å². The smallest absolute Gasteiger partial charge is 0.359 e. The number of rotatable bonds is 6. The molecule has 1 heterocycles. The number of guanidine groups is 1. The van der Waals surface area contributed by atoms with Gasteiger partial charge in [-0.3, -0.25) is 4.99 Å². The molecule has 0 radical (unpaired) electrons. The molecule has 8 heteroatoms. The number of aryl methyl sites for hydroxylation is 1. The molecule has 0 atom stereocenters. The second kappa shape index (κ2) is 8.55. The van der Waals surface area contributed by atoms with Crippen LogP contribution in [0.2, 0.25) is 0 Å². The maximum absolute atomic E-state index is 12.5. The van der Waals surface area contributed by atoms with Crippen molar-refractivity contribution < 1.29 is 17.7 Å². The van der Waals surface area contributed by atoms with E-state index in [4.69, 9.17) is 4.52 Å². The SMILES string of the molecule is CCc1cc(CNC(=NC)NCCc2ccc(C(F)(F)F)cc2)on1. The molecule has 0 saturated carbocycles. The molecule has 25 heavy (non-hydrogen) atoms. The summed E-state index contributed by atoms with van der Waals surface area (Å²) in [5.74, 6) is 1.30. The van der Waals surface area contributed by atoms with Gasteiger partial charge in [0.2, 0.25) is 0 Å². The van der Waals surface area contributed by atoms with Gasteiger partial charge in [0.15, 0.2) is 11.7 Å². The van der Waals surface area contributed by atoms with Gasteiger partial charge in [-0.15, -0.1) is 0 Å². The Labute approximate surface area is 144 Å². The van der Waals surface area contributed by atoms with Gasteiger partial charge in [-0.1, -0.05) is 24.2 Å². The fraction of sp³-hybridized carbons (Fsp3) is 0.412. The molecule has 0 bridgehead atoms. The summed E-state index contributed by atoms with van der Waals surface area (Å²) in [7, 11) is 1.64. The summed E-state index contributed by atoms with van der Waals surface area (Å²) in [6.45, 7) is 2.99. The maximum Gasteiger partial charge on any atom is 0.416 e. The van der Waals surface area contributed by atoms with Crippen LogP contribution in [0.25, 0.3) is 0 Å². The van der Waals surface area contributed by atoms with E-state index in [1.807, 2.05) is 13.0 Å². The van der Waals surface area contributed by atoms with Crippen molar-refractivity contribution in [1.82, 2.24) is 15.8 Å². The number of hydrogen-bond donors (Lipinski definition) is 2. The van der Waals surface area contributed by atoms with Crippen LogP contribution in [0, 0.1) is 0 Å². The molecule has 5 nitrogen and oxygen atoms in total. The quantitative estimate of drug-likeness (QED) is 0.618. The number of aromatic nitrogens is 1. The number of halogens is 3. The average molecular weight is 354 g/mol. The predicted molar refractivity (Wildman–Crippen MR) is 89.2 cm³/mol. The van der Waals surface area contributed by atoms with Crippen LogP contribution in [0.4, 0.5) is 13.2 Å². The number of hydrogen-bond acceptors (Lipinski definition) is 3. The van der Waals surface area contributed by atoms with Crippen molar-refractivity contribution in [2.75, 3.05) is 13.6 Å². The second-order valence-electron chi connectivity index (χ2n) is 5.44. The molecular formula is C17H21F3N4O. The molecule has 0 aliphatic heterocycles. The van der Waals surface area contributed by atoms with E-state index in [1.54, 1.807) is 7.05 Å². The van der Waals surface area contributed by atoms with E-state index >= 15 is 0 Å². The Bertz CT molecular complexity index is 693. The Morgan fingerprint density at radius 3 is 2.48 bits per heavy atom. The molecule has 0 spiro atoms. The zero-order valence-corrected chi connectivity index (χ0v) is 14.2. The van der Waals surface area contributed by atoms with Gasteiger partial charge >= 0.3 is 6.18 Å². The van der Waals surface area contributed by atoms with Crippen LogP contribution in [-0.2, 0) is 25.6 Å². The van der Waals surface area contributed by atoms with Crippen LogP contribution in [0.15, 0.2) is 39.8 Å². The standard InChI is InChI=1S/C17H21F3N4O/c1-3-14-10-15(25-24-14)11-23-16(21-2)22-9-8-12-4-6-13(7-5-12)17(18,19)20/h4-7,10H,3,8-9,11H2,1-2H3,(H2,21,22,23). The lowest BCUT2D eigenvalue weighted by Crippen LogP contribution is -2.37. The normalized spacial score (nSPS) is 12.3. The minimum atomic E-state index is -4.30. The topological polar surface area (TPSA) is 62.5 Å². The van der Waals surface area contributed by atoms with Crippen molar-refractivity contribution in [3.63, 3.8) is 0 Å². The molecular weight excluding hydrogens is 333 g/mol. The first-order valence-electron chi connectivity index (χ1n) is 7.97. The van der Waals surface area contributed by atoms with Crippen molar-refractivity contribution in [3.05, 3.63) is 52.9 Å². The van der Waals surface area contributed by atoms with Crippen LogP contribution < -0.4 is 10.6 Å². The lowest BCUT2D eigenvalue weighted by molar-refractivity contribution is -0.137. The second-order valence-corrected chi connectivity index (χ2v) is 5.44. The summed E-state index contributed by atoms with van der Waals surface area (Å²) in [4.78, 5) is 4.09. The predicted octanol–water partition coefficient (Wildman–Crippen LogP) is 3.16. The molecule has 2 rings (SSSR count). The third-order valence-electron chi connectivity index (χ3n) is 3.61. The van der Waals surface area contributed by atoms with Gasteiger partial charge in [0.05, 0.1) is 17.8 Å². The van der Waals surface area contributed by atoms with E-state index < -0.39 is 11.7 Å². The maximum atomic E-state index is 12.5. The summed E-state index contributed by atoms with van der Waals surface area (Å²) in [6, 6.07) is 7.04. The van der Waals surface area contributed by atoms with Gasteiger partial charge in [0.25, 0.3) is 0 Å².